The van der Waals surface area contributed by atoms with Crippen molar-refractivity contribution in [2.24, 2.45) is 0 Å². The molecule has 86 valence electrons. The number of hydrogen-bond acceptors (Lipinski definition) is 3. The molecule has 0 spiro atoms. The first-order valence-corrected chi connectivity index (χ1v) is 6.00. The first-order chi connectivity index (χ1) is 8.25. The van der Waals surface area contributed by atoms with E-state index in [2.05, 4.69) is 26.1 Å². The van der Waals surface area contributed by atoms with Crippen molar-refractivity contribution < 1.29 is 9.53 Å². The molecule has 0 bridgehead atoms. The molecule has 1 N–H and O–H groups in total. The number of halogens is 1. The maximum atomic E-state index is 11.9. The molecule has 1 atom stereocenters. The maximum absolute atomic E-state index is 11.9. The Morgan fingerprint density at radius 2 is 2.35 bits per heavy atom. The largest absolute Gasteiger partial charge is 0.364 e. The number of carbonyl (C=O) groups is 1. The van der Waals surface area contributed by atoms with Crippen LogP contribution in [0.25, 0.3) is 11.1 Å². The minimum atomic E-state index is -0.290. The van der Waals surface area contributed by atoms with Gasteiger partial charge in [0.15, 0.2) is 0 Å². The number of nitrogens with zero attached hydrogens (tertiary/aromatic N) is 1. The lowest BCUT2D eigenvalue weighted by molar-refractivity contribution is 0.0949. The van der Waals surface area contributed by atoms with E-state index in [9.17, 15) is 4.79 Å². The fourth-order valence-corrected chi connectivity index (χ4v) is 2.11. The number of aromatic amines is 1. The Balaban J connectivity index is 2.03. The number of hydrogen-bond donors (Lipinski definition) is 1. The van der Waals surface area contributed by atoms with Gasteiger partial charge in [0.05, 0.1) is 12.8 Å². The third-order valence-electron chi connectivity index (χ3n) is 2.65. The van der Waals surface area contributed by atoms with Crippen molar-refractivity contribution in [3.05, 3.63) is 40.6 Å². The lowest BCUT2D eigenvalue weighted by atomic mass is 10.0. The van der Waals surface area contributed by atoms with Crippen LogP contribution in [0.4, 0.5) is 0 Å². The molecule has 2 heterocycles. The fourth-order valence-electron chi connectivity index (χ4n) is 1.71. The van der Waals surface area contributed by atoms with Crippen LogP contribution in [0.3, 0.4) is 0 Å². The third-order valence-corrected chi connectivity index (χ3v) is 3.14. The zero-order chi connectivity index (χ0) is 11.8. The number of carbonyl (C=O) groups excluding carboxylic acids is 1. The van der Waals surface area contributed by atoms with Crippen LogP contribution in [0.1, 0.15) is 10.5 Å². The minimum Gasteiger partial charge on any atom is -0.364 e. The minimum absolute atomic E-state index is 0.0301. The summed E-state index contributed by atoms with van der Waals surface area (Å²) in [5, 5.41) is 6.69. The summed E-state index contributed by atoms with van der Waals surface area (Å²) in [6.07, 6.45) is 1.37. The van der Waals surface area contributed by atoms with E-state index < -0.39 is 0 Å². The zero-order valence-electron chi connectivity index (χ0n) is 8.81. The van der Waals surface area contributed by atoms with Gasteiger partial charge in [-0.1, -0.05) is 28.1 Å². The Morgan fingerprint density at radius 1 is 1.53 bits per heavy atom. The molecule has 1 aromatic heterocycles. The van der Waals surface area contributed by atoms with Gasteiger partial charge in [0.1, 0.15) is 11.8 Å². The quantitative estimate of drug-likeness (QED) is 0.698. The number of Topliss-reactive ketones (excluding diaryl/α,β-unsaturated/α-hetero) is 1. The molecule has 3 rings (SSSR count). The van der Waals surface area contributed by atoms with Crippen molar-refractivity contribution in [1.29, 1.82) is 0 Å². The van der Waals surface area contributed by atoms with E-state index in [4.69, 9.17) is 4.74 Å². The van der Waals surface area contributed by atoms with E-state index >= 15 is 0 Å². The molecule has 0 radical (unpaired) electrons. The van der Waals surface area contributed by atoms with Crippen molar-refractivity contribution in [3.8, 4) is 11.1 Å². The molecule has 0 amide bonds. The second-order valence-corrected chi connectivity index (χ2v) is 4.77. The highest BCUT2D eigenvalue weighted by atomic mass is 79.9. The molecule has 1 fully saturated rings. The number of aromatic nitrogens is 2. The Bertz CT molecular complexity index is 575. The number of nitrogens with one attached hydrogen (secondary N) is 1. The van der Waals surface area contributed by atoms with Crippen molar-refractivity contribution in [2.75, 3.05) is 6.61 Å². The second kappa shape index (κ2) is 4.09. The predicted molar refractivity (Wildman–Crippen MR) is 65.8 cm³/mol. The molecule has 2 aromatic rings. The summed E-state index contributed by atoms with van der Waals surface area (Å²) in [4.78, 5) is 11.9. The highest BCUT2D eigenvalue weighted by Gasteiger charge is 2.34. The molecule has 1 saturated heterocycles. The van der Waals surface area contributed by atoms with Gasteiger partial charge in [0, 0.05) is 10.0 Å². The van der Waals surface area contributed by atoms with Gasteiger partial charge in [0.25, 0.3) is 0 Å². The highest BCUT2D eigenvalue weighted by molar-refractivity contribution is 9.10. The van der Waals surface area contributed by atoms with Crippen LogP contribution < -0.4 is 0 Å². The highest BCUT2D eigenvalue weighted by Crippen LogP contribution is 2.27. The van der Waals surface area contributed by atoms with Crippen molar-refractivity contribution in [1.82, 2.24) is 10.2 Å². The molecule has 1 aliphatic heterocycles. The molecule has 1 aromatic carbocycles. The predicted octanol–water partition coefficient (Wildman–Crippen LogP) is 2.42. The summed E-state index contributed by atoms with van der Waals surface area (Å²) in [5.41, 5.74) is 2.29. The van der Waals surface area contributed by atoms with Gasteiger partial charge in [-0.3, -0.25) is 9.89 Å². The van der Waals surface area contributed by atoms with Crippen LogP contribution in [-0.2, 0) is 4.74 Å². The van der Waals surface area contributed by atoms with Gasteiger partial charge < -0.3 is 4.74 Å². The molecular weight excluding hydrogens is 284 g/mol. The van der Waals surface area contributed by atoms with Crippen molar-refractivity contribution in [3.63, 3.8) is 0 Å². The number of ketones is 1. The van der Waals surface area contributed by atoms with Gasteiger partial charge in [-0.15, -0.1) is 0 Å². The van der Waals surface area contributed by atoms with Crippen molar-refractivity contribution >= 4 is 21.7 Å². The molecule has 0 unspecified atom stereocenters. The van der Waals surface area contributed by atoms with E-state index in [1.54, 1.807) is 6.20 Å². The fraction of sp³-hybridized carbons (Fsp3) is 0.167. The van der Waals surface area contributed by atoms with Gasteiger partial charge >= 0.3 is 0 Å². The number of H-pyrrole nitrogens is 1. The van der Waals surface area contributed by atoms with Crippen LogP contribution in [0.5, 0.6) is 0 Å². The monoisotopic (exact) mass is 292 g/mol. The molecule has 0 saturated carbocycles. The maximum Gasteiger partial charge on any atom is 0.212 e. The van der Waals surface area contributed by atoms with Crippen molar-refractivity contribution in [2.45, 2.75) is 6.10 Å². The molecule has 4 nitrogen and oxygen atoms in total. The van der Waals surface area contributed by atoms with Crippen LogP contribution in [0.15, 0.2) is 34.9 Å². The van der Waals surface area contributed by atoms with Crippen LogP contribution in [-0.4, -0.2) is 28.7 Å². The SMILES string of the molecule is O=C(c1[nH]ncc1-c1cccc(Br)c1)[C@@H]1CO1. The average Bonchev–Trinajstić information content (AvgIpc) is 3.05. The van der Waals surface area contributed by atoms with Crippen LogP contribution in [0.2, 0.25) is 0 Å². The summed E-state index contributed by atoms with van der Waals surface area (Å²) >= 11 is 3.41. The van der Waals surface area contributed by atoms with Crippen LogP contribution >= 0.6 is 15.9 Å². The second-order valence-electron chi connectivity index (χ2n) is 3.86. The molecule has 17 heavy (non-hydrogen) atoms. The molecular formula is C12H9BrN2O2. The lowest BCUT2D eigenvalue weighted by Crippen LogP contribution is -2.08. The van der Waals surface area contributed by atoms with E-state index in [1.807, 2.05) is 24.3 Å². The Kier molecular flexibility index (Phi) is 2.57. The number of benzene rings is 1. The summed E-state index contributed by atoms with van der Waals surface area (Å²) < 4.78 is 5.97. The van der Waals surface area contributed by atoms with E-state index in [0.29, 0.717) is 12.3 Å². The number of epoxide rings is 1. The smallest absolute Gasteiger partial charge is 0.212 e. The van der Waals surface area contributed by atoms with Gasteiger partial charge in [0.2, 0.25) is 5.78 Å². The average molecular weight is 293 g/mol. The van der Waals surface area contributed by atoms with E-state index in [1.165, 1.54) is 0 Å². The Labute approximate surface area is 106 Å². The molecule has 0 aliphatic carbocycles. The lowest BCUT2D eigenvalue weighted by Gasteiger charge is -2.01. The first kappa shape index (κ1) is 10.7. The summed E-state index contributed by atoms with van der Waals surface area (Å²) in [6.45, 7) is 0.510. The van der Waals surface area contributed by atoms with E-state index in [0.717, 1.165) is 15.6 Å². The topological polar surface area (TPSA) is 58.3 Å². The molecule has 5 heteroatoms. The number of ether oxygens (including phenoxy) is 1. The van der Waals surface area contributed by atoms with Crippen LogP contribution in [0, 0.1) is 0 Å². The molecule has 1 aliphatic rings. The summed E-state index contributed by atoms with van der Waals surface area (Å²) in [6, 6.07) is 7.76. The summed E-state index contributed by atoms with van der Waals surface area (Å²) in [5.74, 6) is -0.0301. The summed E-state index contributed by atoms with van der Waals surface area (Å²) in [7, 11) is 0. The van der Waals surface area contributed by atoms with Gasteiger partial charge in [-0.2, -0.15) is 5.10 Å². The number of rotatable bonds is 3. The Hall–Kier alpha value is -1.46. The van der Waals surface area contributed by atoms with Gasteiger partial charge in [-0.05, 0) is 17.7 Å². The standard InChI is InChI=1S/C12H9BrN2O2/c13-8-3-1-2-7(4-8)9-5-14-15-11(9)12(16)10-6-17-10/h1-5,10H,6H2,(H,14,15)/t10-/m0/s1. The normalized spacial score (nSPS) is 18.1. The Morgan fingerprint density at radius 3 is 3.06 bits per heavy atom. The third kappa shape index (κ3) is 2.03. The van der Waals surface area contributed by atoms with Gasteiger partial charge in [-0.25, -0.2) is 0 Å². The first-order valence-electron chi connectivity index (χ1n) is 5.21. The van der Waals surface area contributed by atoms with E-state index in [-0.39, 0.29) is 11.9 Å². The zero-order valence-corrected chi connectivity index (χ0v) is 10.4.